The van der Waals surface area contributed by atoms with E-state index in [1.807, 2.05) is 29.5 Å². The Labute approximate surface area is 110 Å². The maximum Gasteiger partial charge on any atom is 0.307 e. The Morgan fingerprint density at radius 2 is 2.21 bits per heavy atom. The summed E-state index contributed by atoms with van der Waals surface area (Å²) < 4.78 is 6.33. The van der Waals surface area contributed by atoms with Crippen LogP contribution in [0.2, 0.25) is 0 Å². The van der Waals surface area contributed by atoms with Gasteiger partial charge in [0.25, 0.3) is 5.91 Å². The molecule has 0 aromatic carbocycles. The molecule has 0 saturated carbocycles. The summed E-state index contributed by atoms with van der Waals surface area (Å²) in [5.41, 5.74) is 2.05. The highest BCUT2D eigenvalue weighted by molar-refractivity contribution is 5.93. The van der Waals surface area contributed by atoms with Crippen LogP contribution in [0.3, 0.4) is 0 Å². The third kappa shape index (κ3) is 2.90. The van der Waals surface area contributed by atoms with Crippen LogP contribution in [0.1, 0.15) is 22.6 Å². The van der Waals surface area contributed by atoms with Crippen LogP contribution in [0.15, 0.2) is 24.4 Å². The van der Waals surface area contributed by atoms with Gasteiger partial charge in [-0.15, -0.1) is 0 Å². The number of esters is 1. The number of carbonyl (C=O) groups is 2. The van der Waals surface area contributed by atoms with Gasteiger partial charge < -0.3 is 14.5 Å². The summed E-state index contributed by atoms with van der Waals surface area (Å²) >= 11 is 0. The van der Waals surface area contributed by atoms with Crippen LogP contribution in [0.5, 0.6) is 0 Å². The number of fused-ring (bicyclic) bond motifs is 1. The summed E-state index contributed by atoms with van der Waals surface area (Å²) in [5, 5.41) is 2.63. The van der Waals surface area contributed by atoms with Crippen LogP contribution in [0.25, 0.3) is 5.65 Å². The second-order valence-electron chi connectivity index (χ2n) is 4.10. The molecule has 19 heavy (non-hydrogen) atoms. The van der Waals surface area contributed by atoms with Gasteiger partial charge in [0.2, 0.25) is 0 Å². The molecule has 2 aromatic heterocycles. The molecule has 0 radical (unpaired) electrons. The number of methoxy groups -OCH3 is 1. The molecule has 0 fully saturated rings. The molecule has 2 aromatic rings. The molecular formula is C13H15N3O3. The number of ether oxygens (including phenoxy) is 1. The van der Waals surface area contributed by atoms with E-state index in [1.165, 1.54) is 7.11 Å². The first-order valence-corrected chi connectivity index (χ1v) is 5.91. The summed E-state index contributed by atoms with van der Waals surface area (Å²) in [6.07, 6.45) is 1.83. The summed E-state index contributed by atoms with van der Waals surface area (Å²) in [6.45, 7) is 2.17. The van der Waals surface area contributed by atoms with Crippen LogP contribution >= 0.6 is 0 Å². The van der Waals surface area contributed by atoms with Crippen LogP contribution in [-0.4, -0.2) is 34.9 Å². The van der Waals surface area contributed by atoms with Crippen LogP contribution in [-0.2, 0) is 9.53 Å². The fourth-order valence-electron chi connectivity index (χ4n) is 1.73. The number of carbonyl (C=O) groups excluding carboxylic acids is 2. The van der Waals surface area contributed by atoms with E-state index in [-0.39, 0.29) is 24.8 Å². The topological polar surface area (TPSA) is 72.7 Å². The minimum Gasteiger partial charge on any atom is -0.469 e. The third-order valence-corrected chi connectivity index (χ3v) is 2.77. The van der Waals surface area contributed by atoms with Gasteiger partial charge >= 0.3 is 5.97 Å². The second kappa shape index (κ2) is 5.51. The van der Waals surface area contributed by atoms with E-state index in [0.29, 0.717) is 5.69 Å². The van der Waals surface area contributed by atoms with Crippen molar-refractivity contribution in [1.29, 1.82) is 0 Å². The molecular weight excluding hydrogens is 246 g/mol. The fourth-order valence-corrected chi connectivity index (χ4v) is 1.73. The van der Waals surface area contributed by atoms with Gasteiger partial charge in [0.15, 0.2) is 0 Å². The maximum absolute atomic E-state index is 11.9. The van der Waals surface area contributed by atoms with Gasteiger partial charge in [-0.1, -0.05) is 6.07 Å². The van der Waals surface area contributed by atoms with E-state index >= 15 is 0 Å². The van der Waals surface area contributed by atoms with Crippen molar-refractivity contribution < 1.29 is 14.3 Å². The molecule has 100 valence electrons. The van der Waals surface area contributed by atoms with Gasteiger partial charge in [-0.2, -0.15) is 0 Å². The first-order valence-electron chi connectivity index (χ1n) is 5.91. The Hall–Kier alpha value is -2.37. The predicted molar refractivity (Wildman–Crippen MR) is 68.9 cm³/mol. The average molecular weight is 261 g/mol. The number of nitrogens with one attached hydrogen (secondary N) is 1. The minimum atomic E-state index is -0.355. The largest absolute Gasteiger partial charge is 0.469 e. The Kier molecular flexibility index (Phi) is 3.79. The molecule has 2 heterocycles. The van der Waals surface area contributed by atoms with Crippen molar-refractivity contribution in [2.45, 2.75) is 13.3 Å². The highest BCUT2D eigenvalue weighted by Crippen LogP contribution is 2.08. The average Bonchev–Trinajstić information content (AvgIpc) is 2.84. The number of pyridine rings is 1. The maximum atomic E-state index is 11.9. The lowest BCUT2D eigenvalue weighted by atomic mass is 10.4. The van der Waals surface area contributed by atoms with E-state index < -0.39 is 0 Å². The quantitative estimate of drug-likeness (QED) is 0.831. The smallest absolute Gasteiger partial charge is 0.307 e. The zero-order valence-corrected chi connectivity index (χ0v) is 10.8. The van der Waals surface area contributed by atoms with Crippen LogP contribution < -0.4 is 5.32 Å². The number of nitrogens with zero attached hydrogens (tertiary/aromatic N) is 2. The van der Waals surface area contributed by atoms with E-state index in [1.54, 1.807) is 6.20 Å². The third-order valence-electron chi connectivity index (χ3n) is 2.77. The number of hydrogen-bond donors (Lipinski definition) is 1. The van der Waals surface area contributed by atoms with Crippen molar-refractivity contribution in [3.8, 4) is 0 Å². The van der Waals surface area contributed by atoms with E-state index in [9.17, 15) is 9.59 Å². The number of aromatic nitrogens is 2. The Morgan fingerprint density at radius 1 is 1.42 bits per heavy atom. The lowest BCUT2D eigenvalue weighted by Crippen LogP contribution is -2.26. The molecule has 2 rings (SSSR count). The number of imidazole rings is 1. The summed E-state index contributed by atoms with van der Waals surface area (Å²) in [4.78, 5) is 27.0. The Balaban J connectivity index is 2.05. The monoisotopic (exact) mass is 261 g/mol. The van der Waals surface area contributed by atoms with Crippen molar-refractivity contribution in [2.75, 3.05) is 13.7 Å². The SMILES string of the molecule is COC(=O)CCNC(=O)c1cn2c(C)cccc2n1. The van der Waals surface area contributed by atoms with Crippen LogP contribution in [0, 0.1) is 6.92 Å². The molecule has 0 unspecified atom stereocenters. The first kappa shape index (κ1) is 13.1. The second-order valence-corrected chi connectivity index (χ2v) is 4.10. The van der Waals surface area contributed by atoms with Gasteiger partial charge in [0, 0.05) is 18.4 Å². The summed E-state index contributed by atoms with van der Waals surface area (Å²) in [7, 11) is 1.31. The molecule has 0 bridgehead atoms. The van der Waals surface area contributed by atoms with Crippen molar-refractivity contribution in [3.05, 3.63) is 35.8 Å². The molecule has 0 saturated heterocycles. The van der Waals surface area contributed by atoms with Gasteiger partial charge in [0.05, 0.1) is 13.5 Å². The Morgan fingerprint density at radius 3 is 2.89 bits per heavy atom. The lowest BCUT2D eigenvalue weighted by Gasteiger charge is -2.01. The van der Waals surface area contributed by atoms with E-state index in [4.69, 9.17) is 0 Å². The van der Waals surface area contributed by atoms with E-state index in [2.05, 4.69) is 15.0 Å². The van der Waals surface area contributed by atoms with Crippen molar-refractivity contribution in [3.63, 3.8) is 0 Å². The Bertz CT molecular complexity index is 619. The molecule has 0 aliphatic carbocycles. The number of amides is 1. The minimum absolute atomic E-state index is 0.147. The number of aryl methyl sites for hydroxylation is 1. The summed E-state index contributed by atoms with van der Waals surface area (Å²) in [5.74, 6) is -0.654. The molecule has 0 spiro atoms. The first-order chi connectivity index (χ1) is 9.11. The lowest BCUT2D eigenvalue weighted by molar-refractivity contribution is -0.140. The molecule has 6 heteroatoms. The van der Waals surface area contributed by atoms with Gasteiger partial charge in [0.1, 0.15) is 11.3 Å². The van der Waals surface area contributed by atoms with Crippen molar-refractivity contribution in [2.24, 2.45) is 0 Å². The van der Waals surface area contributed by atoms with Crippen molar-refractivity contribution in [1.82, 2.24) is 14.7 Å². The van der Waals surface area contributed by atoms with E-state index in [0.717, 1.165) is 11.3 Å². The summed E-state index contributed by atoms with van der Waals surface area (Å²) in [6, 6.07) is 5.66. The standard InChI is InChI=1S/C13H15N3O3/c1-9-4-3-5-11-15-10(8-16(9)11)13(18)14-7-6-12(17)19-2/h3-5,8H,6-7H2,1-2H3,(H,14,18). The molecule has 1 N–H and O–H groups in total. The predicted octanol–water partition coefficient (Wildman–Crippen LogP) is 0.936. The molecule has 0 atom stereocenters. The number of rotatable bonds is 4. The zero-order chi connectivity index (χ0) is 13.8. The molecule has 0 aliphatic heterocycles. The highest BCUT2D eigenvalue weighted by Gasteiger charge is 2.11. The van der Waals surface area contributed by atoms with Gasteiger partial charge in [-0.05, 0) is 19.1 Å². The van der Waals surface area contributed by atoms with Gasteiger partial charge in [-0.3, -0.25) is 9.59 Å². The molecule has 0 aliphatic rings. The number of hydrogen-bond acceptors (Lipinski definition) is 4. The fraction of sp³-hybridized carbons (Fsp3) is 0.308. The highest BCUT2D eigenvalue weighted by atomic mass is 16.5. The van der Waals surface area contributed by atoms with Crippen molar-refractivity contribution >= 4 is 17.5 Å². The van der Waals surface area contributed by atoms with Gasteiger partial charge in [-0.25, -0.2) is 4.98 Å². The molecule has 1 amide bonds. The van der Waals surface area contributed by atoms with Crippen LogP contribution in [0.4, 0.5) is 0 Å². The molecule has 6 nitrogen and oxygen atoms in total. The zero-order valence-electron chi connectivity index (χ0n) is 10.8. The normalized spacial score (nSPS) is 10.4.